The van der Waals surface area contributed by atoms with Gasteiger partial charge in [0, 0.05) is 37.3 Å². The molecule has 9 heteroatoms. The first-order valence-electron chi connectivity index (χ1n) is 9.31. The monoisotopic (exact) mass is 398 g/mol. The lowest BCUT2D eigenvalue weighted by molar-refractivity contribution is -0.385. The minimum absolute atomic E-state index is 0.0245. The summed E-state index contributed by atoms with van der Waals surface area (Å²) in [6.07, 6.45) is 2.03. The largest absolute Gasteiger partial charge is 0.308 e. The molecule has 27 heavy (non-hydrogen) atoms. The highest BCUT2D eigenvalue weighted by Crippen LogP contribution is 2.28. The van der Waals surface area contributed by atoms with Crippen LogP contribution >= 0.6 is 0 Å². The van der Waals surface area contributed by atoms with Crippen LogP contribution in [-0.2, 0) is 10.0 Å². The highest BCUT2D eigenvalue weighted by atomic mass is 32.2. The normalized spacial score (nSPS) is 18.5. The average Bonchev–Trinajstić information content (AvgIpc) is 3.05. The number of likely N-dealkylation sites (N-methyl/N-ethyl adjacent to an activating group) is 2. The molecular formula is C18H30N4O4S. The smallest absolute Gasteiger partial charge is 0.273 e. The lowest BCUT2D eigenvalue weighted by Crippen LogP contribution is -2.45. The van der Waals surface area contributed by atoms with Crippen LogP contribution < -0.4 is 0 Å². The Morgan fingerprint density at radius 2 is 2.00 bits per heavy atom. The molecule has 0 radical (unpaired) electrons. The van der Waals surface area contributed by atoms with Crippen LogP contribution in [0.25, 0.3) is 0 Å². The molecule has 152 valence electrons. The molecule has 0 aliphatic carbocycles. The van der Waals surface area contributed by atoms with E-state index in [9.17, 15) is 18.5 Å². The van der Waals surface area contributed by atoms with Crippen molar-refractivity contribution in [3.8, 4) is 0 Å². The van der Waals surface area contributed by atoms with Gasteiger partial charge in [0.1, 0.15) is 0 Å². The van der Waals surface area contributed by atoms with Gasteiger partial charge in [-0.05, 0) is 53.0 Å². The Labute approximate surface area is 161 Å². The summed E-state index contributed by atoms with van der Waals surface area (Å²) >= 11 is 0. The lowest BCUT2D eigenvalue weighted by atomic mass is 10.2. The molecule has 8 nitrogen and oxygen atoms in total. The second kappa shape index (κ2) is 9.09. The third kappa shape index (κ3) is 5.04. The van der Waals surface area contributed by atoms with Gasteiger partial charge in [-0.1, -0.05) is 13.0 Å². The number of sulfonamides is 1. The molecular weight excluding hydrogens is 368 g/mol. The van der Waals surface area contributed by atoms with Crippen LogP contribution in [0.5, 0.6) is 0 Å². The van der Waals surface area contributed by atoms with Crippen molar-refractivity contribution in [2.24, 2.45) is 0 Å². The van der Waals surface area contributed by atoms with Crippen LogP contribution in [0.2, 0.25) is 0 Å². The van der Waals surface area contributed by atoms with E-state index in [4.69, 9.17) is 0 Å². The Balaban J connectivity index is 2.38. The fourth-order valence-electron chi connectivity index (χ4n) is 3.59. The van der Waals surface area contributed by atoms with Gasteiger partial charge in [-0.25, -0.2) is 8.42 Å². The van der Waals surface area contributed by atoms with Gasteiger partial charge >= 0.3 is 0 Å². The zero-order valence-corrected chi connectivity index (χ0v) is 17.4. The summed E-state index contributed by atoms with van der Waals surface area (Å²) in [5, 5.41) is 11.2. The number of benzene rings is 1. The number of hydrogen-bond acceptors (Lipinski definition) is 6. The summed E-state index contributed by atoms with van der Waals surface area (Å²) in [5.41, 5.74) is 0.0239. The summed E-state index contributed by atoms with van der Waals surface area (Å²) in [4.78, 5) is 15.0. The highest BCUT2D eigenvalue weighted by Gasteiger charge is 2.33. The Morgan fingerprint density at radius 1 is 1.30 bits per heavy atom. The zero-order chi connectivity index (χ0) is 20.2. The lowest BCUT2D eigenvalue weighted by Gasteiger charge is -2.30. The van der Waals surface area contributed by atoms with Crippen molar-refractivity contribution in [2.45, 2.75) is 37.6 Å². The molecule has 1 aliphatic heterocycles. The number of likely N-dealkylation sites (tertiary alicyclic amines) is 1. The van der Waals surface area contributed by atoms with Crippen LogP contribution in [0.15, 0.2) is 23.1 Å². The Bertz CT molecular complexity index is 767. The van der Waals surface area contributed by atoms with Gasteiger partial charge in [0.15, 0.2) is 0 Å². The van der Waals surface area contributed by atoms with Gasteiger partial charge in [0.2, 0.25) is 10.0 Å². The average molecular weight is 399 g/mol. The number of nitrogens with zero attached hydrogens (tertiary/aromatic N) is 4. The molecule has 0 N–H and O–H groups in total. The molecule has 0 bridgehead atoms. The van der Waals surface area contributed by atoms with E-state index >= 15 is 0 Å². The SMILES string of the molecule is CCN1CCCC1CN(CCN(C)C)S(=O)(=O)c1cccc([N+](=O)[O-])c1C. The molecule has 2 rings (SSSR count). The van der Waals surface area contributed by atoms with E-state index in [1.807, 2.05) is 19.0 Å². The number of nitro groups is 1. The minimum Gasteiger partial charge on any atom is -0.308 e. The fourth-order valence-corrected chi connectivity index (χ4v) is 5.30. The van der Waals surface area contributed by atoms with E-state index in [2.05, 4.69) is 11.8 Å². The fraction of sp³-hybridized carbons (Fsp3) is 0.667. The maximum Gasteiger partial charge on any atom is 0.273 e. The van der Waals surface area contributed by atoms with Crippen LogP contribution in [0.1, 0.15) is 25.3 Å². The van der Waals surface area contributed by atoms with Crippen LogP contribution in [0, 0.1) is 17.0 Å². The highest BCUT2D eigenvalue weighted by molar-refractivity contribution is 7.89. The number of rotatable bonds is 9. The van der Waals surface area contributed by atoms with Crippen LogP contribution in [-0.4, -0.2) is 80.3 Å². The van der Waals surface area contributed by atoms with Gasteiger partial charge in [-0.2, -0.15) is 4.31 Å². The molecule has 0 saturated carbocycles. The Hall–Kier alpha value is -1.55. The van der Waals surface area contributed by atoms with Crippen molar-refractivity contribution >= 4 is 15.7 Å². The molecule has 0 spiro atoms. The molecule has 1 aliphatic rings. The number of nitro benzene ring substituents is 1. The van der Waals surface area contributed by atoms with E-state index < -0.39 is 14.9 Å². The van der Waals surface area contributed by atoms with Crippen LogP contribution in [0.4, 0.5) is 5.69 Å². The molecule has 1 heterocycles. The van der Waals surface area contributed by atoms with Gasteiger partial charge in [0.05, 0.1) is 9.82 Å². The molecule has 1 aromatic rings. The molecule has 0 amide bonds. The Morgan fingerprint density at radius 3 is 2.59 bits per heavy atom. The third-order valence-electron chi connectivity index (χ3n) is 5.19. The van der Waals surface area contributed by atoms with Crippen molar-refractivity contribution < 1.29 is 13.3 Å². The Kier molecular flexibility index (Phi) is 7.32. The van der Waals surface area contributed by atoms with E-state index in [1.165, 1.54) is 29.4 Å². The summed E-state index contributed by atoms with van der Waals surface area (Å²) in [6, 6.07) is 4.43. The van der Waals surface area contributed by atoms with E-state index in [-0.39, 0.29) is 22.2 Å². The van der Waals surface area contributed by atoms with Gasteiger partial charge in [0.25, 0.3) is 5.69 Å². The maximum atomic E-state index is 13.4. The first kappa shape index (κ1) is 21.7. The van der Waals surface area contributed by atoms with E-state index in [1.54, 1.807) is 0 Å². The first-order valence-corrected chi connectivity index (χ1v) is 10.8. The molecule has 1 fully saturated rings. The van der Waals surface area contributed by atoms with Crippen molar-refractivity contribution in [3.05, 3.63) is 33.9 Å². The number of hydrogen-bond donors (Lipinski definition) is 0. The van der Waals surface area contributed by atoms with Gasteiger partial charge in [-0.15, -0.1) is 0 Å². The predicted molar refractivity (Wildman–Crippen MR) is 105 cm³/mol. The van der Waals surface area contributed by atoms with Crippen molar-refractivity contribution in [1.29, 1.82) is 0 Å². The standard InChI is InChI=1S/C18H30N4O4S/c1-5-20-11-7-8-16(20)14-21(13-12-19(3)4)27(25,26)18-10-6-9-17(15(18)2)22(23)24/h6,9-10,16H,5,7-8,11-14H2,1-4H3. The van der Waals surface area contributed by atoms with Gasteiger partial charge in [-0.3, -0.25) is 15.0 Å². The van der Waals surface area contributed by atoms with Crippen molar-refractivity contribution in [1.82, 2.24) is 14.1 Å². The van der Waals surface area contributed by atoms with E-state index in [0.29, 0.717) is 19.6 Å². The maximum absolute atomic E-state index is 13.4. The molecule has 1 unspecified atom stereocenters. The van der Waals surface area contributed by atoms with Crippen LogP contribution in [0.3, 0.4) is 0 Å². The topological polar surface area (TPSA) is 87.0 Å². The molecule has 1 atom stereocenters. The first-order chi connectivity index (χ1) is 12.7. The molecule has 0 aromatic heterocycles. The second-order valence-corrected chi connectivity index (χ2v) is 9.15. The van der Waals surface area contributed by atoms with E-state index in [0.717, 1.165) is 25.9 Å². The molecule has 1 aromatic carbocycles. The van der Waals surface area contributed by atoms with Crippen molar-refractivity contribution in [3.63, 3.8) is 0 Å². The van der Waals surface area contributed by atoms with Gasteiger partial charge < -0.3 is 4.90 Å². The second-order valence-electron chi connectivity index (χ2n) is 7.25. The summed E-state index contributed by atoms with van der Waals surface area (Å²) < 4.78 is 28.3. The minimum atomic E-state index is -3.83. The summed E-state index contributed by atoms with van der Waals surface area (Å²) in [6.45, 7) is 6.81. The zero-order valence-electron chi connectivity index (χ0n) is 16.6. The summed E-state index contributed by atoms with van der Waals surface area (Å²) in [7, 11) is -0.0267. The quantitative estimate of drug-likeness (QED) is 0.467. The molecule has 1 saturated heterocycles. The van der Waals surface area contributed by atoms with Crippen molar-refractivity contribution in [2.75, 3.05) is 46.8 Å². The third-order valence-corrected chi connectivity index (χ3v) is 7.20. The predicted octanol–water partition coefficient (Wildman–Crippen LogP) is 1.94. The summed E-state index contributed by atoms with van der Waals surface area (Å²) in [5.74, 6) is 0.